The van der Waals surface area contributed by atoms with Crippen molar-refractivity contribution in [3.05, 3.63) is 23.1 Å². The number of fused-ring (bicyclic) bond motifs is 3. The van der Waals surface area contributed by atoms with E-state index in [0.29, 0.717) is 36.3 Å². The largest absolute Gasteiger partial charge is 0.540 e. The molecule has 0 radical (unpaired) electrons. The molecule has 1 atom stereocenters. The summed E-state index contributed by atoms with van der Waals surface area (Å²) in [6, 6.07) is 0. The fourth-order valence-electron chi connectivity index (χ4n) is 5.90. The van der Waals surface area contributed by atoms with Gasteiger partial charge in [-0.2, -0.15) is 0 Å². The standard InChI is InChI=1S/C26H42N2O4Si/c1-11-30-24-18(9)25(31-12-2)26(32-33(15(3)4,16(5)6)17(7)8)23-20(24)13-22(29)28-19(10)27-14-21(23)28/h14-17,22,29H,11-13H2,1-10H3. The van der Waals surface area contributed by atoms with Crippen LogP contribution in [0.5, 0.6) is 17.2 Å². The number of ether oxygens (including phenoxy) is 2. The van der Waals surface area contributed by atoms with Gasteiger partial charge < -0.3 is 23.6 Å². The van der Waals surface area contributed by atoms with E-state index in [4.69, 9.17) is 13.9 Å². The van der Waals surface area contributed by atoms with Crippen LogP contribution < -0.4 is 13.9 Å². The zero-order valence-electron chi connectivity index (χ0n) is 22.1. The summed E-state index contributed by atoms with van der Waals surface area (Å²) in [5, 5.41) is 11.0. The van der Waals surface area contributed by atoms with Gasteiger partial charge in [0.1, 0.15) is 17.8 Å². The van der Waals surface area contributed by atoms with Crippen molar-refractivity contribution in [2.75, 3.05) is 13.2 Å². The zero-order chi connectivity index (χ0) is 24.7. The second kappa shape index (κ2) is 9.70. The Hall–Kier alpha value is -1.99. The van der Waals surface area contributed by atoms with Gasteiger partial charge in [-0.25, -0.2) is 4.98 Å². The molecule has 0 amide bonds. The maximum Gasteiger partial charge on any atom is 0.258 e. The molecule has 0 aliphatic carbocycles. The Labute approximate surface area is 200 Å². The molecule has 2 heterocycles. The van der Waals surface area contributed by atoms with E-state index in [1.165, 1.54) is 0 Å². The van der Waals surface area contributed by atoms with Gasteiger partial charge in [0, 0.05) is 17.5 Å². The Morgan fingerprint density at radius 3 is 2.03 bits per heavy atom. The first kappa shape index (κ1) is 25.6. The number of nitrogens with zero attached hydrogens (tertiary/aromatic N) is 2. The third kappa shape index (κ3) is 4.07. The Balaban J connectivity index is 2.43. The smallest absolute Gasteiger partial charge is 0.258 e. The first-order valence-electron chi connectivity index (χ1n) is 12.4. The molecule has 1 unspecified atom stereocenters. The Kier molecular flexibility index (Phi) is 7.54. The van der Waals surface area contributed by atoms with Gasteiger partial charge in [-0.1, -0.05) is 41.5 Å². The zero-order valence-corrected chi connectivity index (χ0v) is 23.1. The lowest BCUT2D eigenvalue weighted by Crippen LogP contribution is -2.51. The fraction of sp³-hybridized carbons (Fsp3) is 0.654. The van der Waals surface area contributed by atoms with Crippen LogP contribution in [0.2, 0.25) is 16.6 Å². The van der Waals surface area contributed by atoms with Crippen molar-refractivity contribution >= 4 is 8.32 Å². The molecule has 7 heteroatoms. The molecule has 1 aromatic heterocycles. The predicted molar refractivity (Wildman–Crippen MR) is 136 cm³/mol. The van der Waals surface area contributed by atoms with Gasteiger partial charge in [-0.15, -0.1) is 0 Å². The highest BCUT2D eigenvalue weighted by Crippen LogP contribution is 2.55. The van der Waals surface area contributed by atoms with Crippen LogP contribution in [0.3, 0.4) is 0 Å². The van der Waals surface area contributed by atoms with Gasteiger partial charge in [-0.05, 0) is 44.3 Å². The molecule has 0 saturated heterocycles. The number of imidazole rings is 1. The van der Waals surface area contributed by atoms with E-state index in [2.05, 4.69) is 46.5 Å². The molecule has 1 aromatic carbocycles. The highest BCUT2D eigenvalue weighted by atomic mass is 28.4. The summed E-state index contributed by atoms with van der Waals surface area (Å²) in [7, 11) is -2.29. The molecule has 1 aliphatic heterocycles. The summed E-state index contributed by atoms with van der Waals surface area (Å²) in [5.74, 6) is 3.12. The number of aromatic nitrogens is 2. The third-order valence-corrected chi connectivity index (χ3v) is 13.1. The highest BCUT2D eigenvalue weighted by molar-refractivity contribution is 6.78. The minimum atomic E-state index is -2.29. The molecule has 184 valence electrons. The van der Waals surface area contributed by atoms with Crippen LogP contribution in [0.1, 0.15) is 78.6 Å². The van der Waals surface area contributed by atoms with Crippen molar-refractivity contribution in [3.8, 4) is 28.5 Å². The van der Waals surface area contributed by atoms with E-state index in [1.54, 1.807) is 0 Å². The van der Waals surface area contributed by atoms with Gasteiger partial charge in [-0.3, -0.25) is 0 Å². The van der Waals surface area contributed by atoms with Crippen LogP contribution in [0.15, 0.2) is 6.20 Å². The molecule has 33 heavy (non-hydrogen) atoms. The van der Waals surface area contributed by atoms with Crippen LogP contribution in [0.25, 0.3) is 11.3 Å². The molecular weight excluding hydrogens is 432 g/mol. The summed E-state index contributed by atoms with van der Waals surface area (Å²) in [6.07, 6.45) is 1.59. The van der Waals surface area contributed by atoms with Gasteiger partial charge in [0.15, 0.2) is 11.5 Å². The number of aliphatic hydroxyl groups excluding tert-OH is 1. The normalized spacial score (nSPS) is 15.8. The molecule has 1 N–H and O–H groups in total. The Morgan fingerprint density at radius 1 is 0.970 bits per heavy atom. The summed E-state index contributed by atoms with van der Waals surface area (Å²) >= 11 is 0. The molecule has 0 bridgehead atoms. The number of hydrogen-bond acceptors (Lipinski definition) is 5. The Bertz CT molecular complexity index is 975. The van der Waals surface area contributed by atoms with Gasteiger partial charge in [0.2, 0.25) is 0 Å². The third-order valence-electron chi connectivity index (χ3n) is 7.18. The molecular formula is C26H42N2O4Si. The monoisotopic (exact) mass is 474 g/mol. The second-order valence-electron chi connectivity index (χ2n) is 10.00. The van der Waals surface area contributed by atoms with E-state index in [1.807, 2.05) is 38.5 Å². The van der Waals surface area contributed by atoms with Gasteiger partial charge >= 0.3 is 0 Å². The summed E-state index contributed by atoms with van der Waals surface area (Å²) in [6.45, 7) is 22.8. The number of rotatable bonds is 9. The molecule has 1 aliphatic rings. The lowest BCUT2D eigenvalue weighted by molar-refractivity contribution is 0.0995. The molecule has 0 fully saturated rings. The van der Waals surface area contributed by atoms with Crippen LogP contribution in [-0.4, -0.2) is 36.2 Å². The van der Waals surface area contributed by atoms with Crippen LogP contribution in [-0.2, 0) is 6.42 Å². The minimum Gasteiger partial charge on any atom is -0.540 e. The lowest BCUT2D eigenvalue weighted by atomic mass is 9.92. The lowest BCUT2D eigenvalue weighted by Gasteiger charge is -2.43. The van der Waals surface area contributed by atoms with E-state index in [-0.39, 0.29) is 0 Å². The molecule has 6 nitrogen and oxygen atoms in total. The maximum atomic E-state index is 11.0. The molecule has 3 rings (SSSR count). The average molecular weight is 475 g/mol. The quantitative estimate of drug-likeness (QED) is 0.417. The van der Waals surface area contributed by atoms with Crippen molar-refractivity contribution in [1.29, 1.82) is 0 Å². The van der Waals surface area contributed by atoms with Crippen LogP contribution in [0, 0.1) is 13.8 Å². The van der Waals surface area contributed by atoms with E-state index in [0.717, 1.165) is 45.5 Å². The number of aliphatic hydroxyl groups is 1. The van der Waals surface area contributed by atoms with Crippen molar-refractivity contribution in [3.63, 3.8) is 0 Å². The molecule has 0 saturated carbocycles. The topological polar surface area (TPSA) is 65.7 Å². The van der Waals surface area contributed by atoms with Gasteiger partial charge in [0.25, 0.3) is 8.32 Å². The summed E-state index contributed by atoms with van der Waals surface area (Å²) < 4.78 is 21.7. The second-order valence-corrected chi connectivity index (χ2v) is 15.4. The SMILES string of the molecule is CCOc1c(C)c(OCC)c(O[Si](C(C)C)(C(C)C)C(C)C)c2c1CC(O)n1c-2cnc1C. The summed E-state index contributed by atoms with van der Waals surface area (Å²) in [4.78, 5) is 4.54. The number of aryl methyl sites for hydroxylation is 1. The minimum absolute atomic E-state index is 0.412. The van der Waals surface area contributed by atoms with Crippen LogP contribution >= 0.6 is 0 Å². The van der Waals surface area contributed by atoms with Crippen molar-refractivity contribution in [1.82, 2.24) is 9.55 Å². The number of benzene rings is 1. The van der Waals surface area contributed by atoms with Crippen molar-refractivity contribution < 1.29 is 19.0 Å². The van der Waals surface area contributed by atoms with E-state index >= 15 is 0 Å². The Morgan fingerprint density at radius 2 is 1.52 bits per heavy atom. The predicted octanol–water partition coefficient (Wildman–Crippen LogP) is 6.57. The van der Waals surface area contributed by atoms with Crippen LogP contribution in [0.4, 0.5) is 0 Å². The molecule has 0 spiro atoms. The fourth-order valence-corrected chi connectivity index (χ4v) is 11.2. The van der Waals surface area contributed by atoms with E-state index < -0.39 is 14.5 Å². The first-order chi connectivity index (χ1) is 15.5. The first-order valence-corrected chi connectivity index (χ1v) is 14.5. The maximum absolute atomic E-state index is 11.0. The molecule has 2 aromatic rings. The summed E-state index contributed by atoms with van der Waals surface area (Å²) in [5.41, 5.74) is 4.96. The average Bonchev–Trinajstić information content (AvgIpc) is 3.12. The van der Waals surface area contributed by atoms with E-state index in [9.17, 15) is 5.11 Å². The van der Waals surface area contributed by atoms with Crippen molar-refractivity contribution in [2.45, 2.75) is 98.5 Å². The number of hydrogen-bond donors (Lipinski definition) is 1. The van der Waals surface area contributed by atoms with Gasteiger partial charge in [0.05, 0.1) is 30.7 Å². The van der Waals surface area contributed by atoms with Crippen molar-refractivity contribution in [2.24, 2.45) is 0 Å². The highest BCUT2D eigenvalue weighted by Gasteiger charge is 2.49.